The molecule has 0 saturated carbocycles. The summed E-state index contributed by atoms with van der Waals surface area (Å²) in [5, 5.41) is 5.81. The molecule has 1 aliphatic rings. The van der Waals surface area contributed by atoms with Gasteiger partial charge in [0, 0.05) is 38.8 Å². The molecule has 1 fully saturated rings. The van der Waals surface area contributed by atoms with E-state index in [-0.39, 0.29) is 18.0 Å². The number of nitrogens with one attached hydrogen (secondary N) is 2. The van der Waals surface area contributed by atoms with Crippen LogP contribution in [-0.4, -0.2) is 67.0 Å². The molecule has 1 heterocycles. The topological polar surface area (TPSA) is 64.7 Å². The smallest absolute Gasteiger partial charge is 0.317 e. The number of piperazine rings is 1. The van der Waals surface area contributed by atoms with Crippen LogP contribution >= 0.6 is 0 Å². The van der Waals surface area contributed by atoms with Crippen molar-refractivity contribution in [2.45, 2.75) is 33.7 Å². The van der Waals surface area contributed by atoms with Gasteiger partial charge in [-0.25, -0.2) is 4.79 Å². The van der Waals surface area contributed by atoms with Gasteiger partial charge in [0.25, 0.3) is 0 Å². The summed E-state index contributed by atoms with van der Waals surface area (Å²) in [4.78, 5) is 27.5. The normalized spacial score (nSPS) is 17.9. The maximum absolute atomic E-state index is 11.9. The number of urea groups is 1. The van der Waals surface area contributed by atoms with E-state index in [1.54, 1.807) is 4.90 Å². The lowest BCUT2D eigenvalue weighted by atomic mass is 10.1. The van der Waals surface area contributed by atoms with E-state index in [2.05, 4.69) is 29.4 Å². The Bertz CT molecular complexity index is 325. The van der Waals surface area contributed by atoms with Crippen LogP contribution in [0.1, 0.15) is 27.7 Å². The van der Waals surface area contributed by atoms with E-state index >= 15 is 0 Å². The highest BCUT2D eigenvalue weighted by Crippen LogP contribution is 2.03. The molecule has 0 aromatic heterocycles. The third-order valence-electron chi connectivity index (χ3n) is 3.74. The fourth-order valence-corrected chi connectivity index (χ4v) is 2.04. The Kier molecular flexibility index (Phi) is 6.78. The van der Waals surface area contributed by atoms with Gasteiger partial charge in [-0.3, -0.25) is 9.69 Å². The number of hydrogen-bond acceptors (Lipinski definition) is 3. The van der Waals surface area contributed by atoms with E-state index in [9.17, 15) is 9.59 Å². The number of hydrogen-bond donors (Lipinski definition) is 2. The zero-order chi connectivity index (χ0) is 15.1. The van der Waals surface area contributed by atoms with Crippen LogP contribution in [0.4, 0.5) is 4.79 Å². The van der Waals surface area contributed by atoms with Gasteiger partial charge in [-0.1, -0.05) is 13.8 Å². The zero-order valence-electron chi connectivity index (χ0n) is 13.1. The van der Waals surface area contributed by atoms with Gasteiger partial charge in [0.1, 0.15) is 0 Å². The molecule has 0 bridgehead atoms. The predicted molar refractivity (Wildman–Crippen MR) is 79.5 cm³/mol. The number of carbonyl (C=O) groups is 2. The molecule has 1 rings (SSSR count). The van der Waals surface area contributed by atoms with E-state index < -0.39 is 0 Å². The number of amides is 3. The van der Waals surface area contributed by atoms with E-state index in [1.165, 1.54) is 0 Å². The van der Waals surface area contributed by atoms with Crippen molar-refractivity contribution < 1.29 is 9.59 Å². The van der Waals surface area contributed by atoms with E-state index in [1.807, 2.05) is 13.8 Å². The second kappa shape index (κ2) is 8.09. The molecule has 0 spiro atoms. The molecular formula is C14H28N4O2. The molecule has 3 amide bonds. The van der Waals surface area contributed by atoms with Crippen LogP contribution in [0.5, 0.6) is 0 Å². The SMILES string of the molecule is CCNC(=O)N1CCN(CC(=O)NC(C)C(C)C)CC1. The van der Waals surface area contributed by atoms with E-state index in [0.717, 1.165) is 13.1 Å². The molecule has 1 unspecified atom stereocenters. The van der Waals surface area contributed by atoms with E-state index in [4.69, 9.17) is 0 Å². The van der Waals surface area contributed by atoms with Gasteiger partial charge in [-0.2, -0.15) is 0 Å². The number of nitrogens with zero attached hydrogens (tertiary/aromatic N) is 2. The zero-order valence-corrected chi connectivity index (χ0v) is 13.1. The average Bonchev–Trinajstić information content (AvgIpc) is 2.39. The Balaban J connectivity index is 2.28. The maximum Gasteiger partial charge on any atom is 0.317 e. The average molecular weight is 284 g/mol. The van der Waals surface area contributed by atoms with Crippen molar-refractivity contribution in [2.24, 2.45) is 5.92 Å². The molecule has 0 aliphatic carbocycles. The summed E-state index contributed by atoms with van der Waals surface area (Å²) < 4.78 is 0. The molecule has 1 saturated heterocycles. The highest BCUT2D eigenvalue weighted by Gasteiger charge is 2.22. The van der Waals surface area contributed by atoms with Gasteiger partial charge < -0.3 is 15.5 Å². The van der Waals surface area contributed by atoms with Gasteiger partial charge >= 0.3 is 6.03 Å². The predicted octanol–water partition coefficient (Wildman–Crippen LogP) is 0.494. The summed E-state index contributed by atoms with van der Waals surface area (Å²) in [6.45, 7) is 12.0. The molecule has 6 nitrogen and oxygen atoms in total. The molecular weight excluding hydrogens is 256 g/mol. The van der Waals surface area contributed by atoms with Gasteiger partial charge in [-0.05, 0) is 19.8 Å². The van der Waals surface area contributed by atoms with Crippen LogP contribution < -0.4 is 10.6 Å². The first kappa shape index (κ1) is 16.8. The molecule has 1 aliphatic heterocycles. The van der Waals surface area contributed by atoms with Crippen molar-refractivity contribution in [3.05, 3.63) is 0 Å². The van der Waals surface area contributed by atoms with Gasteiger partial charge in [0.2, 0.25) is 5.91 Å². The Morgan fingerprint density at radius 2 is 1.70 bits per heavy atom. The quantitative estimate of drug-likeness (QED) is 0.772. The minimum absolute atomic E-state index is 0.00923. The van der Waals surface area contributed by atoms with Crippen LogP contribution in [-0.2, 0) is 4.79 Å². The summed E-state index contributed by atoms with van der Waals surface area (Å²) in [5.74, 6) is 0.506. The van der Waals surface area contributed by atoms with Gasteiger partial charge in [0.05, 0.1) is 6.54 Å². The van der Waals surface area contributed by atoms with Crippen LogP contribution in [0.2, 0.25) is 0 Å². The highest BCUT2D eigenvalue weighted by atomic mass is 16.2. The minimum atomic E-state index is -0.00923. The summed E-state index contributed by atoms with van der Waals surface area (Å²) in [7, 11) is 0. The Morgan fingerprint density at radius 3 is 2.20 bits per heavy atom. The largest absolute Gasteiger partial charge is 0.352 e. The van der Waals surface area contributed by atoms with Crippen molar-refractivity contribution >= 4 is 11.9 Å². The van der Waals surface area contributed by atoms with Crippen molar-refractivity contribution in [1.82, 2.24) is 20.4 Å². The second-order valence-electron chi connectivity index (χ2n) is 5.70. The Labute approximate surface area is 121 Å². The minimum Gasteiger partial charge on any atom is -0.352 e. The number of carbonyl (C=O) groups excluding carboxylic acids is 2. The molecule has 116 valence electrons. The first-order chi connectivity index (χ1) is 9.43. The van der Waals surface area contributed by atoms with Crippen molar-refractivity contribution in [3.63, 3.8) is 0 Å². The van der Waals surface area contributed by atoms with Crippen molar-refractivity contribution in [2.75, 3.05) is 39.3 Å². The molecule has 0 aromatic carbocycles. The number of rotatable bonds is 5. The summed E-state index contributed by atoms with van der Waals surface area (Å²) in [6.07, 6.45) is 0. The fraction of sp³-hybridized carbons (Fsp3) is 0.857. The molecule has 0 radical (unpaired) electrons. The van der Waals surface area contributed by atoms with Gasteiger partial charge in [0.15, 0.2) is 0 Å². The lowest BCUT2D eigenvalue weighted by Crippen LogP contribution is -2.54. The highest BCUT2D eigenvalue weighted by molar-refractivity contribution is 5.78. The van der Waals surface area contributed by atoms with Crippen LogP contribution in [0.3, 0.4) is 0 Å². The Morgan fingerprint density at radius 1 is 1.10 bits per heavy atom. The summed E-state index contributed by atoms with van der Waals surface area (Å²) in [5.41, 5.74) is 0. The summed E-state index contributed by atoms with van der Waals surface area (Å²) >= 11 is 0. The fourth-order valence-electron chi connectivity index (χ4n) is 2.04. The first-order valence-electron chi connectivity index (χ1n) is 7.48. The Hall–Kier alpha value is -1.30. The first-order valence-corrected chi connectivity index (χ1v) is 7.48. The lowest BCUT2D eigenvalue weighted by Gasteiger charge is -2.34. The second-order valence-corrected chi connectivity index (χ2v) is 5.70. The molecule has 20 heavy (non-hydrogen) atoms. The van der Waals surface area contributed by atoms with Crippen LogP contribution in [0, 0.1) is 5.92 Å². The van der Waals surface area contributed by atoms with Crippen molar-refractivity contribution in [1.29, 1.82) is 0 Å². The van der Waals surface area contributed by atoms with Gasteiger partial charge in [-0.15, -0.1) is 0 Å². The van der Waals surface area contributed by atoms with Crippen LogP contribution in [0.25, 0.3) is 0 Å². The molecule has 6 heteroatoms. The maximum atomic E-state index is 11.9. The van der Waals surface area contributed by atoms with Crippen molar-refractivity contribution in [3.8, 4) is 0 Å². The monoisotopic (exact) mass is 284 g/mol. The van der Waals surface area contributed by atoms with E-state index in [0.29, 0.717) is 32.1 Å². The summed E-state index contributed by atoms with van der Waals surface area (Å²) in [6, 6.07) is 0.184. The molecule has 2 N–H and O–H groups in total. The third kappa shape index (κ3) is 5.36. The van der Waals surface area contributed by atoms with Crippen LogP contribution in [0.15, 0.2) is 0 Å². The standard InChI is InChI=1S/C14H28N4O2/c1-5-15-14(20)18-8-6-17(7-9-18)10-13(19)16-12(4)11(2)3/h11-12H,5-10H2,1-4H3,(H,15,20)(H,16,19). The third-order valence-corrected chi connectivity index (χ3v) is 3.74. The lowest BCUT2D eigenvalue weighted by molar-refractivity contribution is -0.123. The molecule has 0 aromatic rings. The molecule has 1 atom stereocenters.